The molecular formula is C17H18N4O3. The van der Waals surface area contributed by atoms with Crippen molar-refractivity contribution in [3.05, 3.63) is 54.1 Å². The molecule has 1 unspecified atom stereocenters. The Morgan fingerprint density at radius 3 is 2.67 bits per heavy atom. The zero-order chi connectivity index (χ0) is 17.1. The minimum atomic E-state index is -0.776. The maximum Gasteiger partial charge on any atom is 0.272 e. The molecule has 2 amide bonds. The first-order valence-corrected chi connectivity index (χ1v) is 7.52. The lowest BCUT2D eigenvalue weighted by Crippen LogP contribution is -2.43. The Labute approximate surface area is 139 Å². The van der Waals surface area contributed by atoms with E-state index in [0.717, 1.165) is 5.56 Å². The number of hydrogen-bond acceptors (Lipinski definition) is 5. The SMILES string of the molecule is NNC(=O)CCN1C(=O)C(c2ccccc2)Oc2cc(N)ccc21. The Balaban J connectivity index is 1.96. The highest BCUT2D eigenvalue weighted by Crippen LogP contribution is 2.40. The molecule has 24 heavy (non-hydrogen) atoms. The van der Waals surface area contributed by atoms with Crippen molar-refractivity contribution >= 4 is 23.2 Å². The molecule has 0 aliphatic carbocycles. The molecule has 0 saturated carbocycles. The second kappa shape index (κ2) is 6.59. The number of carbonyl (C=O) groups is 2. The lowest BCUT2D eigenvalue weighted by Gasteiger charge is -2.34. The monoisotopic (exact) mass is 326 g/mol. The number of nitrogens with one attached hydrogen (secondary N) is 1. The van der Waals surface area contributed by atoms with Crippen molar-refractivity contribution in [3.63, 3.8) is 0 Å². The van der Waals surface area contributed by atoms with E-state index in [0.29, 0.717) is 17.1 Å². The molecule has 1 heterocycles. The van der Waals surface area contributed by atoms with Gasteiger partial charge in [0.1, 0.15) is 5.75 Å². The number of anilines is 2. The molecule has 0 fully saturated rings. The smallest absolute Gasteiger partial charge is 0.272 e. The van der Waals surface area contributed by atoms with Crippen LogP contribution in [0.25, 0.3) is 0 Å². The second-order valence-corrected chi connectivity index (χ2v) is 5.44. The first-order valence-electron chi connectivity index (χ1n) is 7.52. The Morgan fingerprint density at radius 2 is 1.96 bits per heavy atom. The van der Waals surface area contributed by atoms with Crippen molar-refractivity contribution in [2.24, 2.45) is 5.84 Å². The predicted molar refractivity (Wildman–Crippen MR) is 90.0 cm³/mol. The van der Waals surface area contributed by atoms with Gasteiger partial charge in [0.15, 0.2) is 0 Å². The number of nitrogen functional groups attached to an aromatic ring is 1. The summed E-state index contributed by atoms with van der Waals surface area (Å²) < 4.78 is 5.88. The van der Waals surface area contributed by atoms with Crippen LogP contribution in [0.5, 0.6) is 5.75 Å². The van der Waals surface area contributed by atoms with Gasteiger partial charge in [-0.3, -0.25) is 15.0 Å². The van der Waals surface area contributed by atoms with Gasteiger partial charge in [-0.2, -0.15) is 0 Å². The number of rotatable bonds is 4. The van der Waals surface area contributed by atoms with E-state index < -0.39 is 6.10 Å². The van der Waals surface area contributed by atoms with E-state index in [1.165, 1.54) is 4.90 Å². The van der Waals surface area contributed by atoms with Crippen molar-refractivity contribution in [3.8, 4) is 5.75 Å². The average molecular weight is 326 g/mol. The summed E-state index contributed by atoms with van der Waals surface area (Å²) >= 11 is 0. The van der Waals surface area contributed by atoms with E-state index in [9.17, 15) is 9.59 Å². The standard InChI is InChI=1S/C17H18N4O3/c18-12-6-7-13-14(10-12)24-16(11-4-2-1-3-5-11)17(23)21(13)9-8-15(22)20-19/h1-7,10,16H,8-9,18-19H2,(H,20,22). The summed E-state index contributed by atoms with van der Waals surface area (Å²) in [4.78, 5) is 25.9. The average Bonchev–Trinajstić information content (AvgIpc) is 2.61. The van der Waals surface area contributed by atoms with E-state index in [2.05, 4.69) is 5.43 Å². The molecule has 124 valence electrons. The van der Waals surface area contributed by atoms with Crippen LogP contribution in [0.2, 0.25) is 0 Å². The Bertz CT molecular complexity index is 764. The van der Waals surface area contributed by atoms with Gasteiger partial charge in [-0.15, -0.1) is 0 Å². The molecule has 3 rings (SSSR count). The number of ether oxygens (including phenoxy) is 1. The molecule has 1 aliphatic heterocycles. The highest BCUT2D eigenvalue weighted by molar-refractivity contribution is 6.01. The lowest BCUT2D eigenvalue weighted by atomic mass is 10.0. The Kier molecular flexibility index (Phi) is 4.35. The van der Waals surface area contributed by atoms with E-state index in [4.69, 9.17) is 16.3 Å². The van der Waals surface area contributed by atoms with Crippen molar-refractivity contribution in [1.29, 1.82) is 0 Å². The van der Waals surface area contributed by atoms with Crippen molar-refractivity contribution in [2.75, 3.05) is 17.2 Å². The molecule has 0 aromatic heterocycles. The van der Waals surface area contributed by atoms with E-state index >= 15 is 0 Å². The van der Waals surface area contributed by atoms with Crippen LogP contribution in [0.15, 0.2) is 48.5 Å². The summed E-state index contributed by atoms with van der Waals surface area (Å²) in [6, 6.07) is 14.3. The van der Waals surface area contributed by atoms with Gasteiger partial charge in [0.2, 0.25) is 12.0 Å². The van der Waals surface area contributed by atoms with Crippen LogP contribution in [0.3, 0.4) is 0 Å². The number of nitrogens with zero attached hydrogens (tertiary/aromatic N) is 1. The van der Waals surface area contributed by atoms with Crippen LogP contribution in [0.4, 0.5) is 11.4 Å². The Morgan fingerprint density at radius 1 is 1.21 bits per heavy atom. The number of hydrazine groups is 1. The Hall–Kier alpha value is -3.06. The minimum absolute atomic E-state index is 0.0908. The number of amides is 2. The van der Waals surface area contributed by atoms with Gasteiger partial charge in [0.05, 0.1) is 5.69 Å². The fourth-order valence-corrected chi connectivity index (χ4v) is 2.64. The summed E-state index contributed by atoms with van der Waals surface area (Å²) in [5.41, 5.74) is 9.76. The molecule has 2 aromatic rings. The third-order valence-electron chi connectivity index (χ3n) is 3.84. The molecule has 1 aliphatic rings. The third-order valence-corrected chi connectivity index (χ3v) is 3.84. The van der Waals surface area contributed by atoms with Crippen LogP contribution in [0, 0.1) is 0 Å². The zero-order valence-electron chi connectivity index (χ0n) is 12.9. The zero-order valence-corrected chi connectivity index (χ0v) is 12.9. The van der Waals surface area contributed by atoms with Gasteiger partial charge in [-0.25, -0.2) is 5.84 Å². The van der Waals surface area contributed by atoms with Gasteiger partial charge in [-0.1, -0.05) is 30.3 Å². The first-order chi connectivity index (χ1) is 11.6. The molecule has 1 atom stereocenters. The number of benzene rings is 2. The van der Waals surface area contributed by atoms with Crippen LogP contribution >= 0.6 is 0 Å². The molecule has 0 spiro atoms. The van der Waals surface area contributed by atoms with E-state index in [1.54, 1.807) is 18.2 Å². The van der Waals surface area contributed by atoms with Crippen LogP contribution in [-0.2, 0) is 9.59 Å². The molecule has 0 bridgehead atoms. The highest BCUT2D eigenvalue weighted by Gasteiger charge is 2.35. The van der Waals surface area contributed by atoms with Crippen LogP contribution in [-0.4, -0.2) is 18.4 Å². The van der Waals surface area contributed by atoms with Gasteiger partial charge in [0, 0.05) is 30.3 Å². The van der Waals surface area contributed by atoms with Gasteiger partial charge in [-0.05, 0) is 12.1 Å². The quantitative estimate of drug-likeness (QED) is 0.337. The molecule has 7 heteroatoms. The maximum atomic E-state index is 12.9. The first kappa shape index (κ1) is 15.8. The number of carbonyl (C=O) groups excluding carboxylic acids is 2. The minimum Gasteiger partial charge on any atom is -0.474 e. The highest BCUT2D eigenvalue weighted by atomic mass is 16.5. The summed E-state index contributed by atoms with van der Waals surface area (Å²) in [7, 11) is 0. The van der Waals surface area contributed by atoms with E-state index in [-0.39, 0.29) is 24.8 Å². The maximum absolute atomic E-state index is 12.9. The molecule has 5 N–H and O–H groups in total. The van der Waals surface area contributed by atoms with Gasteiger partial charge >= 0.3 is 0 Å². The largest absolute Gasteiger partial charge is 0.474 e. The molecule has 0 saturated heterocycles. The van der Waals surface area contributed by atoms with Gasteiger partial charge < -0.3 is 15.4 Å². The molecule has 0 radical (unpaired) electrons. The normalized spacial score (nSPS) is 16.3. The van der Waals surface area contributed by atoms with Crippen molar-refractivity contribution in [2.45, 2.75) is 12.5 Å². The molecule has 7 nitrogen and oxygen atoms in total. The summed E-state index contributed by atoms with van der Waals surface area (Å²) in [5, 5.41) is 0. The topological polar surface area (TPSA) is 111 Å². The second-order valence-electron chi connectivity index (χ2n) is 5.44. The van der Waals surface area contributed by atoms with Gasteiger partial charge in [0.25, 0.3) is 5.91 Å². The summed E-state index contributed by atoms with van der Waals surface area (Å²) in [5.74, 6) is 5.04. The van der Waals surface area contributed by atoms with Crippen LogP contribution < -0.4 is 26.6 Å². The fraction of sp³-hybridized carbons (Fsp3) is 0.176. The number of hydrogen-bond donors (Lipinski definition) is 3. The molecular weight excluding hydrogens is 308 g/mol. The van der Waals surface area contributed by atoms with Crippen LogP contribution in [0.1, 0.15) is 18.1 Å². The third kappa shape index (κ3) is 3.02. The van der Waals surface area contributed by atoms with E-state index in [1.807, 2.05) is 30.3 Å². The van der Waals surface area contributed by atoms with Crippen molar-refractivity contribution in [1.82, 2.24) is 5.43 Å². The summed E-state index contributed by atoms with van der Waals surface area (Å²) in [6.45, 7) is 0.200. The molecule has 2 aromatic carbocycles. The lowest BCUT2D eigenvalue weighted by molar-refractivity contribution is -0.126. The summed E-state index contributed by atoms with van der Waals surface area (Å²) in [6.07, 6.45) is -0.686. The fourth-order valence-electron chi connectivity index (χ4n) is 2.64. The van der Waals surface area contributed by atoms with Crippen molar-refractivity contribution < 1.29 is 14.3 Å². The number of nitrogens with two attached hydrogens (primary N) is 2. The number of fused-ring (bicyclic) bond motifs is 1. The predicted octanol–water partition coefficient (Wildman–Crippen LogP) is 1.12.